The molecular formula is C8H20N6O2. The van der Waals surface area contributed by atoms with Crippen LogP contribution in [-0.2, 0) is 0 Å². The molecule has 4 amide bonds. The number of primary amides is 2. The smallest absolute Gasteiger partial charge is 0.329 e. The number of unbranched alkanes of at least 4 members (excludes halogenated alkanes) is 1. The Hall–Kier alpha value is -1.54. The minimum atomic E-state index is -0.662. The van der Waals surface area contributed by atoms with Crippen molar-refractivity contribution in [1.82, 2.24) is 10.0 Å². The number of hydrogen-bond acceptors (Lipinski definition) is 4. The molecule has 8 heteroatoms. The lowest BCUT2D eigenvalue weighted by molar-refractivity contribution is 0.184. The summed E-state index contributed by atoms with van der Waals surface area (Å²) >= 11 is 0. The fourth-order valence-corrected chi connectivity index (χ4v) is 1.19. The largest absolute Gasteiger partial charge is 0.350 e. The molecule has 1 unspecified atom stereocenters. The number of nitrogens with two attached hydrogens (primary N) is 4. The third-order valence-corrected chi connectivity index (χ3v) is 2.28. The topological polar surface area (TPSA) is 145 Å². The van der Waals surface area contributed by atoms with E-state index < -0.39 is 12.1 Å². The van der Waals surface area contributed by atoms with Gasteiger partial charge in [-0.15, -0.1) is 0 Å². The fourth-order valence-electron chi connectivity index (χ4n) is 1.19. The van der Waals surface area contributed by atoms with Gasteiger partial charge in [0.15, 0.2) is 0 Å². The highest BCUT2D eigenvalue weighted by atomic mass is 16.2. The maximum atomic E-state index is 10.7. The highest BCUT2D eigenvalue weighted by Crippen LogP contribution is 2.05. The summed E-state index contributed by atoms with van der Waals surface area (Å²) in [6.45, 7) is 2.17. The molecule has 0 saturated carbocycles. The van der Waals surface area contributed by atoms with Crippen molar-refractivity contribution in [3.8, 4) is 0 Å². The third-order valence-electron chi connectivity index (χ3n) is 2.28. The van der Waals surface area contributed by atoms with Gasteiger partial charge in [-0.25, -0.2) is 21.3 Å². The van der Waals surface area contributed by atoms with Crippen molar-refractivity contribution in [3.63, 3.8) is 0 Å². The van der Waals surface area contributed by atoms with E-state index in [4.69, 9.17) is 23.2 Å². The number of hydrogen-bond donors (Lipinski definition) is 4. The zero-order valence-corrected chi connectivity index (χ0v) is 9.43. The van der Waals surface area contributed by atoms with Crippen LogP contribution < -0.4 is 23.2 Å². The van der Waals surface area contributed by atoms with Crippen LogP contribution in [0.1, 0.15) is 26.2 Å². The average Bonchev–Trinajstić information content (AvgIpc) is 2.22. The molecule has 0 aromatic rings. The SMILES string of the molecule is CC(CCCCN(N)C(N)=O)N(N)C(N)=O. The van der Waals surface area contributed by atoms with Gasteiger partial charge in [0.25, 0.3) is 0 Å². The lowest BCUT2D eigenvalue weighted by Gasteiger charge is -2.22. The van der Waals surface area contributed by atoms with E-state index in [0.29, 0.717) is 19.4 Å². The van der Waals surface area contributed by atoms with E-state index in [0.717, 1.165) is 16.4 Å². The molecule has 0 saturated heterocycles. The van der Waals surface area contributed by atoms with Crippen LogP contribution in [-0.4, -0.2) is 34.7 Å². The van der Waals surface area contributed by atoms with Crippen LogP contribution in [0.3, 0.4) is 0 Å². The average molecular weight is 232 g/mol. The van der Waals surface area contributed by atoms with Gasteiger partial charge in [0.05, 0.1) is 0 Å². The molecule has 0 aromatic carbocycles. The van der Waals surface area contributed by atoms with Crippen molar-refractivity contribution in [2.75, 3.05) is 6.54 Å². The quantitative estimate of drug-likeness (QED) is 0.202. The van der Waals surface area contributed by atoms with E-state index >= 15 is 0 Å². The highest BCUT2D eigenvalue weighted by molar-refractivity contribution is 5.71. The van der Waals surface area contributed by atoms with E-state index in [1.54, 1.807) is 6.92 Å². The van der Waals surface area contributed by atoms with Gasteiger partial charge in [-0.2, -0.15) is 0 Å². The summed E-state index contributed by atoms with van der Waals surface area (Å²) in [6, 6.07) is -1.46. The van der Waals surface area contributed by atoms with Crippen LogP contribution in [0.2, 0.25) is 0 Å². The van der Waals surface area contributed by atoms with E-state index in [1.807, 2.05) is 0 Å². The zero-order valence-electron chi connectivity index (χ0n) is 9.43. The lowest BCUT2D eigenvalue weighted by Crippen LogP contribution is -2.47. The molecule has 0 fully saturated rings. The Morgan fingerprint density at radius 3 is 2.12 bits per heavy atom. The Labute approximate surface area is 94.4 Å². The molecule has 1 atom stereocenters. The van der Waals surface area contributed by atoms with Gasteiger partial charge in [0.2, 0.25) is 0 Å². The molecule has 0 aliphatic carbocycles. The summed E-state index contributed by atoms with van der Waals surface area (Å²) < 4.78 is 0. The summed E-state index contributed by atoms with van der Waals surface area (Å²) in [5, 5.41) is 1.92. The first-order valence-electron chi connectivity index (χ1n) is 5.01. The molecule has 0 aliphatic heterocycles. The predicted molar refractivity (Wildman–Crippen MR) is 59.4 cm³/mol. The second-order valence-corrected chi connectivity index (χ2v) is 3.62. The Morgan fingerprint density at radius 2 is 1.69 bits per heavy atom. The molecular weight excluding hydrogens is 212 g/mol. The number of carbonyl (C=O) groups excluding carboxylic acids is 2. The van der Waals surface area contributed by atoms with Gasteiger partial charge in [0, 0.05) is 12.6 Å². The molecule has 8 N–H and O–H groups in total. The van der Waals surface area contributed by atoms with Crippen molar-refractivity contribution >= 4 is 12.1 Å². The molecule has 0 rings (SSSR count). The van der Waals surface area contributed by atoms with E-state index in [-0.39, 0.29) is 6.04 Å². The highest BCUT2D eigenvalue weighted by Gasteiger charge is 2.13. The predicted octanol–water partition coefficient (Wildman–Crippen LogP) is -0.946. The lowest BCUT2D eigenvalue weighted by atomic mass is 10.1. The number of amides is 4. The molecule has 8 nitrogen and oxygen atoms in total. The minimum absolute atomic E-state index is 0.141. The first kappa shape index (κ1) is 14.5. The van der Waals surface area contributed by atoms with E-state index in [1.165, 1.54) is 0 Å². The van der Waals surface area contributed by atoms with Crippen LogP contribution in [0.25, 0.3) is 0 Å². The number of rotatable bonds is 6. The second kappa shape index (κ2) is 6.85. The summed E-state index contributed by atoms with van der Waals surface area (Å²) in [4.78, 5) is 21.3. The van der Waals surface area contributed by atoms with Crippen molar-refractivity contribution in [3.05, 3.63) is 0 Å². The molecule has 0 aliphatic rings. The van der Waals surface area contributed by atoms with Crippen molar-refractivity contribution in [2.45, 2.75) is 32.2 Å². The first-order valence-corrected chi connectivity index (χ1v) is 5.01. The van der Waals surface area contributed by atoms with E-state index in [2.05, 4.69) is 0 Å². The molecule has 0 aromatic heterocycles. The molecule has 94 valence electrons. The number of hydrazine groups is 2. The van der Waals surface area contributed by atoms with Crippen LogP contribution in [0.4, 0.5) is 9.59 Å². The van der Waals surface area contributed by atoms with Crippen LogP contribution >= 0.6 is 0 Å². The first-order chi connectivity index (χ1) is 7.36. The summed E-state index contributed by atoms with van der Waals surface area (Å²) in [7, 11) is 0. The Bertz CT molecular complexity index is 247. The van der Waals surface area contributed by atoms with Crippen LogP contribution in [0, 0.1) is 0 Å². The Kier molecular flexibility index (Phi) is 6.19. The molecule has 16 heavy (non-hydrogen) atoms. The van der Waals surface area contributed by atoms with Crippen LogP contribution in [0.5, 0.6) is 0 Å². The van der Waals surface area contributed by atoms with E-state index in [9.17, 15) is 9.59 Å². The minimum Gasteiger partial charge on any atom is -0.350 e. The van der Waals surface area contributed by atoms with Crippen molar-refractivity contribution < 1.29 is 9.59 Å². The fraction of sp³-hybridized carbons (Fsp3) is 0.750. The number of urea groups is 2. The van der Waals surface area contributed by atoms with Gasteiger partial charge in [-0.1, -0.05) is 0 Å². The van der Waals surface area contributed by atoms with Gasteiger partial charge in [-0.05, 0) is 26.2 Å². The van der Waals surface area contributed by atoms with Crippen molar-refractivity contribution in [2.24, 2.45) is 23.2 Å². The normalized spacial score (nSPS) is 11.9. The van der Waals surface area contributed by atoms with Gasteiger partial charge >= 0.3 is 12.1 Å². The van der Waals surface area contributed by atoms with Gasteiger partial charge in [0.1, 0.15) is 0 Å². The summed E-state index contributed by atoms with van der Waals surface area (Å²) in [5.74, 6) is 10.7. The maximum absolute atomic E-state index is 10.7. The van der Waals surface area contributed by atoms with Gasteiger partial charge < -0.3 is 11.5 Å². The second-order valence-electron chi connectivity index (χ2n) is 3.62. The molecule has 0 heterocycles. The number of carbonyl (C=O) groups is 2. The van der Waals surface area contributed by atoms with Gasteiger partial charge in [-0.3, -0.25) is 10.0 Å². The monoisotopic (exact) mass is 232 g/mol. The number of nitrogens with zero attached hydrogens (tertiary/aromatic N) is 2. The third kappa shape index (κ3) is 5.37. The zero-order chi connectivity index (χ0) is 12.7. The standard InChI is InChI=1S/C8H20N6O2/c1-6(14(12)8(10)16)4-2-3-5-13(11)7(9)15/h6H,2-5,11-12H2,1H3,(H2,9,15)(H2,10,16). The summed E-state index contributed by atoms with van der Waals surface area (Å²) in [6.07, 6.45) is 2.14. The maximum Gasteiger partial charge on any atom is 0.329 e. The molecule has 0 spiro atoms. The molecule has 0 radical (unpaired) electrons. The Balaban J connectivity index is 3.66. The van der Waals surface area contributed by atoms with Crippen LogP contribution in [0.15, 0.2) is 0 Å². The summed E-state index contributed by atoms with van der Waals surface area (Å²) in [5.41, 5.74) is 9.94. The Morgan fingerprint density at radius 1 is 1.12 bits per heavy atom. The molecule has 0 bridgehead atoms. The van der Waals surface area contributed by atoms with Crippen molar-refractivity contribution in [1.29, 1.82) is 0 Å².